The molecule has 2 aliphatic heterocycles. The Balaban J connectivity index is 0.000000370. The number of halogens is 3. The van der Waals surface area contributed by atoms with Crippen molar-refractivity contribution >= 4 is 11.9 Å². The lowest BCUT2D eigenvalue weighted by Crippen LogP contribution is -2.44. The first-order valence-corrected chi connectivity index (χ1v) is 9.34. The van der Waals surface area contributed by atoms with Crippen molar-refractivity contribution in [2.24, 2.45) is 5.41 Å². The van der Waals surface area contributed by atoms with Crippen molar-refractivity contribution in [1.82, 2.24) is 15.0 Å². The maximum absolute atomic E-state index is 12.6. The van der Waals surface area contributed by atoms with E-state index in [9.17, 15) is 18.0 Å². The van der Waals surface area contributed by atoms with Gasteiger partial charge in [-0.15, -0.1) is 6.58 Å². The van der Waals surface area contributed by atoms with Crippen LogP contribution in [-0.4, -0.2) is 64.3 Å². The summed E-state index contributed by atoms with van der Waals surface area (Å²) in [7, 11) is 0. The first-order chi connectivity index (χ1) is 13.5. The predicted octanol–water partition coefficient (Wildman–Crippen LogP) is 2.93. The maximum atomic E-state index is 12.6. The van der Waals surface area contributed by atoms with Gasteiger partial charge in [-0.3, -0.25) is 9.69 Å². The molecule has 0 aromatic carbocycles. The Morgan fingerprint density at radius 1 is 1.28 bits per heavy atom. The molecule has 0 atom stereocenters. The van der Waals surface area contributed by atoms with Crippen LogP contribution in [0.25, 0.3) is 0 Å². The summed E-state index contributed by atoms with van der Waals surface area (Å²) in [5, 5.41) is 11.1. The second-order valence-electron chi connectivity index (χ2n) is 7.45. The second kappa shape index (κ2) is 8.98. The molecule has 1 spiro atoms. The highest BCUT2D eigenvalue weighted by atomic mass is 19.4. The highest BCUT2D eigenvalue weighted by Crippen LogP contribution is 2.41. The number of piperidine rings is 1. The molecule has 162 valence electrons. The van der Waals surface area contributed by atoms with Crippen LogP contribution in [0.1, 0.15) is 36.3 Å². The van der Waals surface area contributed by atoms with Crippen molar-refractivity contribution in [1.29, 1.82) is 0 Å². The van der Waals surface area contributed by atoms with Crippen molar-refractivity contribution in [2.45, 2.75) is 45.8 Å². The molecule has 1 aromatic rings. The number of alkyl halides is 3. The summed E-state index contributed by atoms with van der Waals surface area (Å²) in [5.74, 6) is -1.51. The molecule has 1 amide bonds. The smallest absolute Gasteiger partial charge is 0.475 e. The zero-order valence-corrected chi connectivity index (χ0v) is 16.6. The van der Waals surface area contributed by atoms with Crippen LogP contribution in [-0.2, 0) is 16.1 Å². The van der Waals surface area contributed by atoms with E-state index in [4.69, 9.17) is 14.4 Å². The monoisotopic (exact) mass is 417 g/mol. The number of carbonyl (C=O) groups excluding carboxylic acids is 1. The number of aromatic nitrogens is 1. The van der Waals surface area contributed by atoms with E-state index in [1.165, 1.54) is 5.56 Å². The molecule has 0 saturated carbocycles. The molecular weight excluding hydrogens is 391 g/mol. The van der Waals surface area contributed by atoms with Crippen LogP contribution in [0.15, 0.2) is 17.2 Å². The van der Waals surface area contributed by atoms with Gasteiger partial charge in [0.1, 0.15) is 5.76 Å². The van der Waals surface area contributed by atoms with E-state index >= 15 is 0 Å². The lowest BCUT2D eigenvalue weighted by molar-refractivity contribution is -0.192. The highest BCUT2D eigenvalue weighted by Gasteiger charge is 2.47. The van der Waals surface area contributed by atoms with E-state index in [1.54, 1.807) is 0 Å². The number of nitrogens with zero attached hydrogens (tertiary/aromatic N) is 3. The molecule has 2 fully saturated rings. The van der Waals surface area contributed by atoms with Gasteiger partial charge in [0.2, 0.25) is 5.91 Å². The standard InChI is InChI=1S/C17H25N3O2.C2HF3O2/c1-4-8-20-11-7-17(16(20)21)5-9-19(10-6-17)12-15-13(2)18-22-14(15)3;3-2(4,5)1(6)7/h4H,1,5-12H2,2-3H3;(H,6,7). The van der Waals surface area contributed by atoms with Gasteiger partial charge in [0.05, 0.1) is 11.1 Å². The van der Waals surface area contributed by atoms with Crippen molar-refractivity contribution < 1.29 is 32.4 Å². The molecule has 0 aliphatic carbocycles. The maximum Gasteiger partial charge on any atom is 0.490 e. The SMILES string of the molecule is C=CCN1CCC2(CCN(Cc3c(C)noc3C)CC2)C1=O.O=C(O)C(F)(F)F. The Morgan fingerprint density at radius 3 is 2.28 bits per heavy atom. The minimum Gasteiger partial charge on any atom is -0.475 e. The predicted molar refractivity (Wildman–Crippen MR) is 98.0 cm³/mol. The van der Waals surface area contributed by atoms with Crippen LogP contribution in [0.3, 0.4) is 0 Å². The van der Waals surface area contributed by atoms with E-state index in [2.05, 4.69) is 16.6 Å². The van der Waals surface area contributed by atoms with Crippen LogP contribution in [0.5, 0.6) is 0 Å². The summed E-state index contributed by atoms with van der Waals surface area (Å²) in [4.78, 5) is 25.9. The Morgan fingerprint density at radius 2 is 1.83 bits per heavy atom. The fraction of sp³-hybridized carbons (Fsp3) is 0.632. The molecule has 0 radical (unpaired) electrons. The fourth-order valence-electron chi connectivity index (χ4n) is 3.78. The summed E-state index contributed by atoms with van der Waals surface area (Å²) < 4.78 is 37.0. The third-order valence-corrected chi connectivity index (χ3v) is 5.57. The van der Waals surface area contributed by atoms with E-state index in [-0.39, 0.29) is 5.41 Å². The fourth-order valence-corrected chi connectivity index (χ4v) is 3.78. The molecule has 1 aromatic heterocycles. The number of amides is 1. The number of rotatable bonds is 4. The summed E-state index contributed by atoms with van der Waals surface area (Å²) in [6.07, 6.45) is -0.339. The van der Waals surface area contributed by atoms with Gasteiger partial charge in [-0.05, 0) is 46.2 Å². The lowest BCUT2D eigenvalue weighted by atomic mass is 9.77. The first-order valence-electron chi connectivity index (χ1n) is 9.34. The number of hydrogen-bond acceptors (Lipinski definition) is 5. The van der Waals surface area contributed by atoms with E-state index in [0.29, 0.717) is 12.5 Å². The van der Waals surface area contributed by atoms with E-state index < -0.39 is 12.1 Å². The van der Waals surface area contributed by atoms with Crippen LogP contribution in [0.4, 0.5) is 13.2 Å². The minimum atomic E-state index is -5.08. The number of aliphatic carboxylic acids is 1. The minimum absolute atomic E-state index is 0.113. The third kappa shape index (κ3) is 5.37. The number of hydrogen-bond donors (Lipinski definition) is 1. The zero-order valence-electron chi connectivity index (χ0n) is 16.6. The van der Waals surface area contributed by atoms with Gasteiger partial charge in [0, 0.05) is 25.2 Å². The Bertz CT molecular complexity index is 733. The normalized spacial score (nSPS) is 19.2. The molecule has 29 heavy (non-hydrogen) atoms. The van der Waals surface area contributed by atoms with Crippen LogP contribution < -0.4 is 0 Å². The Kier molecular flexibility index (Phi) is 7.10. The molecule has 0 bridgehead atoms. The molecule has 2 saturated heterocycles. The molecule has 7 nitrogen and oxygen atoms in total. The van der Waals surface area contributed by atoms with E-state index in [1.807, 2.05) is 24.8 Å². The second-order valence-corrected chi connectivity index (χ2v) is 7.45. The topological polar surface area (TPSA) is 86.9 Å². The lowest BCUT2D eigenvalue weighted by Gasteiger charge is -2.37. The summed E-state index contributed by atoms with van der Waals surface area (Å²) in [6.45, 7) is 12.1. The molecule has 3 heterocycles. The third-order valence-electron chi connectivity index (χ3n) is 5.57. The molecule has 3 rings (SSSR count). The van der Waals surface area contributed by atoms with E-state index in [0.717, 1.165) is 56.9 Å². The summed E-state index contributed by atoms with van der Waals surface area (Å²) >= 11 is 0. The average Bonchev–Trinajstić information content (AvgIpc) is 3.12. The Hall–Kier alpha value is -2.36. The summed E-state index contributed by atoms with van der Waals surface area (Å²) in [5.41, 5.74) is 2.06. The molecule has 10 heteroatoms. The van der Waals surface area contributed by atoms with Crippen molar-refractivity contribution in [3.05, 3.63) is 29.7 Å². The quantitative estimate of drug-likeness (QED) is 0.758. The number of carbonyl (C=O) groups is 2. The Labute approximate surface area is 167 Å². The number of likely N-dealkylation sites (tertiary alicyclic amines) is 2. The zero-order chi connectivity index (χ0) is 21.8. The molecular formula is C19H26F3N3O4. The first kappa shape index (κ1) is 22.9. The van der Waals surface area contributed by atoms with Gasteiger partial charge < -0.3 is 14.5 Å². The van der Waals surface area contributed by atoms with Crippen LogP contribution >= 0.6 is 0 Å². The number of aryl methyl sites for hydroxylation is 2. The van der Waals surface area contributed by atoms with Crippen molar-refractivity contribution in [3.63, 3.8) is 0 Å². The summed E-state index contributed by atoms with van der Waals surface area (Å²) in [6, 6.07) is 0. The van der Waals surface area contributed by atoms with Gasteiger partial charge in [0.25, 0.3) is 0 Å². The van der Waals surface area contributed by atoms with Crippen LogP contribution in [0.2, 0.25) is 0 Å². The van der Waals surface area contributed by atoms with Gasteiger partial charge in [0.15, 0.2) is 0 Å². The van der Waals surface area contributed by atoms with Gasteiger partial charge >= 0.3 is 12.1 Å². The van der Waals surface area contributed by atoms with Crippen molar-refractivity contribution in [3.8, 4) is 0 Å². The number of carboxylic acid groups (broad SMARTS) is 1. The van der Waals surface area contributed by atoms with Crippen LogP contribution in [0, 0.1) is 19.3 Å². The highest BCUT2D eigenvalue weighted by molar-refractivity contribution is 5.85. The van der Waals surface area contributed by atoms with Gasteiger partial charge in [-0.25, -0.2) is 4.79 Å². The number of carboxylic acids is 1. The van der Waals surface area contributed by atoms with Gasteiger partial charge in [-0.1, -0.05) is 11.2 Å². The molecule has 1 N–H and O–H groups in total. The largest absolute Gasteiger partial charge is 0.490 e. The molecule has 2 aliphatic rings. The molecule has 0 unspecified atom stereocenters. The van der Waals surface area contributed by atoms with Crippen molar-refractivity contribution in [2.75, 3.05) is 26.2 Å². The van der Waals surface area contributed by atoms with Gasteiger partial charge in [-0.2, -0.15) is 13.2 Å². The average molecular weight is 417 g/mol.